The van der Waals surface area contributed by atoms with Gasteiger partial charge >= 0.3 is 0 Å². The first kappa shape index (κ1) is 18.1. The SMILES string of the molecule is CC1=C(C(=O)Nc2ccc(Cl)c(C(O)OC(C)C)c2)SCCO1. The molecule has 2 rings (SSSR count). The van der Waals surface area contributed by atoms with Crippen LogP contribution in [0.4, 0.5) is 5.69 Å². The van der Waals surface area contributed by atoms with Gasteiger partial charge in [-0.1, -0.05) is 11.6 Å². The highest BCUT2D eigenvalue weighted by molar-refractivity contribution is 8.04. The van der Waals surface area contributed by atoms with Crippen LogP contribution in [0.1, 0.15) is 32.6 Å². The fraction of sp³-hybridized carbons (Fsp3) is 0.438. The molecule has 23 heavy (non-hydrogen) atoms. The average Bonchev–Trinajstić information content (AvgIpc) is 2.48. The first-order chi connectivity index (χ1) is 10.9. The van der Waals surface area contributed by atoms with Gasteiger partial charge in [0.1, 0.15) is 10.7 Å². The molecular formula is C16H20ClNO4S. The number of hydrogen-bond donors (Lipinski definition) is 2. The predicted molar refractivity (Wildman–Crippen MR) is 92.4 cm³/mol. The number of aliphatic hydroxyl groups is 1. The van der Waals surface area contributed by atoms with Crippen molar-refractivity contribution in [1.29, 1.82) is 0 Å². The fourth-order valence-electron chi connectivity index (χ4n) is 2.06. The monoisotopic (exact) mass is 357 g/mol. The minimum atomic E-state index is -1.15. The van der Waals surface area contributed by atoms with Crippen molar-refractivity contribution in [3.63, 3.8) is 0 Å². The van der Waals surface area contributed by atoms with E-state index in [1.807, 2.05) is 13.8 Å². The summed E-state index contributed by atoms with van der Waals surface area (Å²) in [5.41, 5.74) is 0.948. The number of allylic oxidation sites excluding steroid dienone is 1. The summed E-state index contributed by atoms with van der Waals surface area (Å²) in [5, 5.41) is 13.2. The summed E-state index contributed by atoms with van der Waals surface area (Å²) < 4.78 is 10.7. The van der Waals surface area contributed by atoms with E-state index in [1.54, 1.807) is 25.1 Å². The van der Waals surface area contributed by atoms with Crippen LogP contribution in [0.3, 0.4) is 0 Å². The second-order valence-electron chi connectivity index (χ2n) is 5.31. The quantitative estimate of drug-likeness (QED) is 0.786. The lowest BCUT2D eigenvalue weighted by molar-refractivity contribution is -0.129. The van der Waals surface area contributed by atoms with Crippen LogP contribution in [0.2, 0.25) is 5.02 Å². The number of anilines is 1. The van der Waals surface area contributed by atoms with E-state index in [9.17, 15) is 9.90 Å². The molecule has 1 heterocycles. The van der Waals surface area contributed by atoms with E-state index < -0.39 is 6.29 Å². The van der Waals surface area contributed by atoms with Gasteiger partial charge in [-0.15, -0.1) is 11.8 Å². The van der Waals surface area contributed by atoms with Gasteiger partial charge < -0.3 is 19.9 Å². The van der Waals surface area contributed by atoms with Crippen LogP contribution >= 0.6 is 23.4 Å². The van der Waals surface area contributed by atoms with Crippen molar-refractivity contribution in [1.82, 2.24) is 0 Å². The van der Waals surface area contributed by atoms with E-state index in [4.69, 9.17) is 21.1 Å². The Morgan fingerprint density at radius 1 is 1.48 bits per heavy atom. The predicted octanol–water partition coefficient (Wildman–Crippen LogP) is 3.69. The second kappa shape index (κ2) is 8.06. The summed E-state index contributed by atoms with van der Waals surface area (Å²) in [6, 6.07) is 4.90. The highest BCUT2D eigenvalue weighted by Crippen LogP contribution is 2.30. The molecule has 0 radical (unpaired) electrons. The Kier molecular flexibility index (Phi) is 6.35. The molecule has 1 aromatic carbocycles. The van der Waals surface area contributed by atoms with Gasteiger partial charge in [0.15, 0.2) is 6.29 Å². The van der Waals surface area contributed by atoms with E-state index in [0.717, 1.165) is 5.75 Å². The van der Waals surface area contributed by atoms with Gasteiger partial charge in [0.2, 0.25) is 0 Å². The molecule has 0 saturated heterocycles. The Labute approximate surface area is 145 Å². The Morgan fingerprint density at radius 3 is 2.87 bits per heavy atom. The number of aliphatic hydroxyl groups excluding tert-OH is 1. The van der Waals surface area contributed by atoms with Crippen LogP contribution in [0.15, 0.2) is 28.9 Å². The number of nitrogens with one attached hydrogen (secondary N) is 1. The fourth-order valence-corrected chi connectivity index (χ4v) is 3.09. The molecule has 0 spiro atoms. The highest BCUT2D eigenvalue weighted by Gasteiger charge is 2.20. The summed E-state index contributed by atoms with van der Waals surface area (Å²) in [5.74, 6) is 1.13. The normalized spacial score (nSPS) is 16.3. The maximum Gasteiger partial charge on any atom is 0.265 e. The third-order valence-electron chi connectivity index (χ3n) is 3.10. The van der Waals surface area contributed by atoms with Gasteiger partial charge in [0.05, 0.1) is 12.7 Å². The molecule has 0 aromatic heterocycles. The lowest BCUT2D eigenvalue weighted by Crippen LogP contribution is -2.18. The lowest BCUT2D eigenvalue weighted by atomic mass is 10.2. The van der Waals surface area contributed by atoms with Gasteiger partial charge in [0, 0.05) is 22.0 Å². The van der Waals surface area contributed by atoms with E-state index in [0.29, 0.717) is 33.5 Å². The Balaban J connectivity index is 2.16. The standard InChI is InChI=1S/C16H20ClNO4S/c1-9(2)22-16(20)12-8-11(4-5-13(12)17)18-15(19)14-10(3)21-6-7-23-14/h4-5,8-9,16,20H,6-7H2,1-3H3,(H,18,19). The maximum absolute atomic E-state index is 12.3. The molecule has 7 heteroatoms. The molecule has 0 fully saturated rings. The number of ether oxygens (including phenoxy) is 2. The van der Waals surface area contributed by atoms with Crippen LogP contribution < -0.4 is 5.32 Å². The molecule has 0 saturated carbocycles. The van der Waals surface area contributed by atoms with Gasteiger partial charge in [-0.05, 0) is 39.0 Å². The van der Waals surface area contributed by atoms with Crippen molar-refractivity contribution in [3.8, 4) is 0 Å². The van der Waals surface area contributed by atoms with Gasteiger partial charge in [-0.25, -0.2) is 0 Å². The molecule has 126 valence electrons. The Bertz CT molecular complexity index is 618. The van der Waals surface area contributed by atoms with Crippen LogP contribution in [0.5, 0.6) is 0 Å². The summed E-state index contributed by atoms with van der Waals surface area (Å²) in [6.07, 6.45) is -1.30. The molecule has 1 amide bonds. The third-order valence-corrected chi connectivity index (χ3v) is 4.57. The van der Waals surface area contributed by atoms with Crippen molar-refractivity contribution in [2.24, 2.45) is 0 Å². The molecule has 0 aliphatic carbocycles. The smallest absolute Gasteiger partial charge is 0.265 e. The minimum Gasteiger partial charge on any atom is -0.496 e. The number of rotatable bonds is 5. The van der Waals surface area contributed by atoms with Crippen molar-refractivity contribution >= 4 is 35.0 Å². The second-order valence-corrected chi connectivity index (χ2v) is 6.82. The van der Waals surface area contributed by atoms with Gasteiger partial charge in [-0.3, -0.25) is 4.79 Å². The molecule has 1 atom stereocenters. The van der Waals surface area contributed by atoms with Crippen molar-refractivity contribution < 1.29 is 19.4 Å². The zero-order valence-corrected chi connectivity index (χ0v) is 14.8. The summed E-state index contributed by atoms with van der Waals surface area (Å²) in [4.78, 5) is 12.9. The first-order valence-corrected chi connectivity index (χ1v) is 8.65. The molecule has 0 bridgehead atoms. The molecule has 1 aliphatic heterocycles. The van der Waals surface area contributed by atoms with E-state index in [-0.39, 0.29) is 12.0 Å². The number of benzene rings is 1. The molecular weight excluding hydrogens is 338 g/mol. The largest absolute Gasteiger partial charge is 0.496 e. The summed E-state index contributed by atoms with van der Waals surface area (Å²) in [7, 11) is 0. The Hall–Kier alpha value is -1.21. The average molecular weight is 358 g/mol. The molecule has 2 N–H and O–H groups in total. The topological polar surface area (TPSA) is 67.8 Å². The van der Waals surface area contributed by atoms with Crippen LogP contribution in [0, 0.1) is 0 Å². The Morgan fingerprint density at radius 2 is 2.22 bits per heavy atom. The van der Waals surface area contributed by atoms with Crippen molar-refractivity contribution in [3.05, 3.63) is 39.4 Å². The molecule has 1 aromatic rings. The zero-order chi connectivity index (χ0) is 17.0. The third kappa shape index (κ3) is 4.88. The number of hydrogen-bond acceptors (Lipinski definition) is 5. The zero-order valence-electron chi connectivity index (χ0n) is 13.3. The molecule has 1 unspecified atom stereocenters. The van der Waals surface area contributed by atoms with E-state index >= 15 is 0 Å². The van der Waals surface area contributed by atoms with Crippen molar-refractivity contribution in [2.75, 3.05) is 17.7 Å². The van der Waals surface area contributed by atoms with E-state index in [2.05, 4.69) is 5.32 Å². The number of thioether (sulfide) groups is 1. The first-order valence-electron chi connectivity index (χ1n) is 7.29. The van der Waals surface area contributed by atoms with Gasteiger partial charge in [-0.2, -0.15) is 0 Å². The van der Waals surface area contributed by atoms with Crippen LogP contribution in [-0.4, -0.2) is 29.5 Å². The molecule has 5 nitrogen and oxygen atoms in total. The van der Waals surface area contributed by atoms with Crippen LogP contribution in [0.25, 0.3) is 0 Å². The number of carbonyl (C=O) groups excluding carboxylic acids is 1. The molecule has 1 aliphatic rings. The van der Waals surface area contributed by atoms with Crippen LogP contribution in [-0.2, 0) is 14.3 Å². The van der Waals surface area contributed by atoms with E-state index in [1.165, 1.54) is 11.8 Å². The number of carbonyl (C=O) groups is 1. The summed E-state index contributed by atoms with van der Waals surface area (Å²) in [6.45, 7) is 6.02. The van der Waals surface area contributed by atoms with Crippen molar-refractivity contribution in [2.45, 2.75) is 33.2 Å². The summed E-state index contributed by atoms with van der Waals surface area (Å²) >= 11 is 7.56. The minimum absolute atomic E-state index is 0.150. The number of amides is 1. The maximum atomic E-state index is 12.3. The van der Waals surface area contributed by atoms with Gasteiger partial charge in [0.25, 0.3) is 5.91 Å². The highest BCUT2D eigenvalue weighted by atomic mass is 35.5. The number of halogens is 1. The lowest BCUT2D eigenvalue weighted by Gasteiger charge is -2.19.